The number of benzene rings is 2. The Morgan fingerprint density at radius 2 is 1.92 bits per heavy atom. The van der Waals surface area contributed by atoms with Crippen molar-refractivity contribution in [3.05, 3.63) is 78.8 Å². The van der Waals surface area contributed by atoms with Crippen molar-refractivity contribution in [1.82, 2.24) is 15.3 Å². The fourth-order valence-corrected chi connectivity index (χ4v) is 2.59. The fourth-order valence-electron chi connectivity index (χ4n) is 2.59. The van der Waals surface area contributed by atoms with Crippen molar-refractivity contribution in [3.63, 3.8) is 0 Å². The molecule has 24 heavy (non-hydrogen) atoms. The van der Waals surface area contributed by atoms with Crippen molar-refractivity contribution in [2.75, 3.05) is 13.6 Å². The van der Waals surface area contributed by atoms with Gasteiger partial charge in [-0.25, -0.2) is 9.97 Å². The Morgan fingerprint density at radius 3 is 2.67 bits per heavy atom. The third-order valence-corrected chi connectivity index (χ3v) is 3.82. The number of ether oxygens (including phenoxy) is 1. The molecule has 122 valence electrons. The van der Waals surface area contributed by atoms with E-state index < -0.39 is 0 Å². The number of rotatable bonds is 7. The minimum absolute atomic E-state index is 0.0132. The van der Waals surface area contributed by atoms with Gasteiger partial charge < -0.3 is 10.1 Å². The Kier molecular flexibility index (Phi) is 5.53. The van der Waals surface area contributed by atoms with Gasteiger partial charge in [-0.2, -0.15) is 0 Å². The van der Waals surface area contributed by atoms with Crippen LogP contribution in [0.4, 0.5) is 0 Å². The standard InChI is InChI=1S/C20H21N3O/c1-21-12-11-20(16-6-3-2-4-7-16)24-18-9-5-8-17(14-18)19-10-13-22-15-23-19/h2-10,13-15,20-21H,11-12H2,1H3. The van der Waals surface area contributed by atoms with Crippen LogP contribution in [0.3, 0.4) is 0 Å². The number of hydrogen-bond acceptors (Lipinski definition) is 4. The molecule has 0 saturated carbocycles. The highest BCUT2D eigenvalue weighted by molar-refractivity contribution is 5.60. The second-order valence-corrected chi connectivity index (χ2v) is 5.53. The van der Waals surface area contributed by atoms with Crippen LogP contribution in [0, 0.1) is 0 Å². The maximum atomic E-state index is 6.28. The van der Waals surface area contributed by atoms with E-state index in [4.69, 9.17) is 4.74 Å². The zero-order valence-electron chi connectivity index (χ0n) is 13.7. The van der Waals surface area contributed by atoms with E-state index in [0.29, 0.717) is 0 Å². The summed E-state index contributed by atoms with van der Waals surface area (Å²) in [5.41, 5.74) is 3.09. The molecule has 0 spiro atoms. The third-order valence-electron chi connectivity index (χ3n) is 3.82. The van der Waals surface area contributed by atoms with Crippen LogP contribution in [0.15, 0.2) is 73.2 Å². The molecule has 1 N–H and O–H groups in total. The van der Waals surface area contributed by atoms with Gasteiger partial charge in [-0.05, 0) is 37.4 Å². The van der Waals surface area contributed by atoms with Gasteiger partial charge in [-0.15, -0.1) is 0 Å². The highest BCUT2D eigenvalue weighted by Crippen LogP contribution is 2.27. The van der Waals surface area contributed by atoms with Crippen LogP contribution in [0.1, 0.15) is 18.1 Å². The number of nitrogens with zero attached hydrogens (tertiary/aromatic N) is 2. The smallest absolute Gasteiger partial charge is 0.125 e. The van der Waals surface area contributed by atoms with E-state index in [2.05, 4.69) is 27.4 Å². The van der Waals surface area contributed by atoms with E-state index in [9.17, 15) is 0 Å². The molecule has 3 rings (SSSR count). The largest absolute Gasteiger partial charge is 0.486 e. The predicted molar refractivity (Wildman–Crippen MR) is 95.8 cm³/mol. The van der Waals surface area contributed by atoms with Gasteiger partial charge in [-0.1, -0.05) is 42.5 Å². The van der Waals surface area contributed by atoms with Gasteiger partial charge in [0.05, 0.1) is 5.69 Å². The summed E-state index contributed by atoms with van der Waals surface area (Å²) in [5, 5.41) is 3.19. The van der Waals surface area contributed by atoms with E-state index in [1.165, 1.54) is 5.56 Å². The van der Waals surface area contributed by atoms with Gasteiger partial charge in [0.25, 0.3) is 0 Å². The maximum Gasteiger partial charge on any atom is 0.125 e. The zero-order chi connectivity index (χ0) is 16.6. The first kappa shape index (κ1) is 16.1. The summed E-state index contributed by atoms with van der Waals surface area (Å²) in [6.07, 6.45) is 4.22. The molecule has 4 heteroatoms. The van der Waals surface area contributed by atoms with Crippen molar-refractivity contribution < 1.29 is 4.74 Å². The van der Waals surface area contributed by atoms with Crippen molar-refractivity contribution in [2.45, 2.75) is 12.5 Å². The van der Waals surface area contributed by atoms with Gasteiger partial charge in [0, 0.05) is 18.2 Å². The fraction of sp³-hybridized carbons (Fsp3) is 0.200. The molecule has 0 bridgehead atoms. The van der Waals surface area contributed by atoms with Crippen molar-refractivity contribution in [1.29, 1.82) is 0 Å². The minimum Gasteiger partial charge on any atom is -0.486 e. The Labute approximate surface area is 142 Å². The molecular weight excluding hydrogens is 298 g/mol. The molecule has 0 aliphatic rings. The van der Waals surface area contributed by atoms with Gasteiger partial charge >= 0.3 is 0 Å². The summed E-state index contributed by atoms with van der Waals surface area (Å²) in [5.74, 6) is 0.844. The second-order valence-electron chi connectivity index (χ2n) is 5.53. The molecule has 0 aliphatic heterocycles. The van der Waals surface area contributed by atoms with E-state index in [1.807, 2.05) is 55.6 Å². The number of aromatic nitrogens is 2. The Balaban J connectivity index is 1.82. The van der Waals surface area contributed by atoms with E-state index in [-0.39, 0.29) is 6.10 Å². The van der Waals surface area contributed by atoms with Gasteiger partial charge in [-0.3, -0.25) is 0 Å². The van der Waals surface area contributed by atoms with E-state index in [1.54, 1.807) is 12.5 Å². The van der Waals surface area contributed by atoms with Crippen LogP contribution >= 0.6 is 0 Å². The quantitative estimate of drug-likeness (QED) is 0.718. The lowest BCUT2D eigenvalue weighted by Gasteiger charge is -2.20. The monoisotopic (exact) mass is 319 g/mol. The van der Waals surface area contributed by atoms with Gasteiger partial charge in [0.2, 0.25) is 0 Å². The molecule has 3 aromatic rings. The molecule has 0 fully saturated rings. The Hall–Kier alpha value is -2.72. The van der Waals surface area contributed by atoms with E-state index in [0.717, 1.165) is 30.0 Å². The van der Waals surface area contributed by atoms with Crippen LogP contribution in [0.25, 0.3) is 11.3 Å². The normalized spacial score (nSPS) is 11.9. The van der Waals surface area contributed by atoms with E-state index >= 15 is 0 Å². The average Bonchev–Trinajstić information content (AvgIpc) is 2.67. The highest BCUT2D eigenvalue weighted by atomic mass is 16.5. The van der Waals surface area contributed by atoms with Crippen LogP contribution < -0.4 is 10.1 Å². The first-order chi connectivity index (χ1) is 11.9. The Bertz CT molecular complexity index is 747. The van der Waals surface area contributed by atoms with Crippen molar-refractivity contribution in [3.8, 4) is 17.0 Å². The lowest BCUT2D eigenvalue weighted by molar-refractivity contribution is 0.195. The first-order valence-corrected chi connectivity index (χ1v) is 8.09. The molecule has 1 aromatic heterocycles. The molecule has 1 unspecified atom stereocenters. The highest BCUT2D eigenvalue weighted by Gasteiger charge is 2.13. The minimum atomic E-state index is 0.0132. The van der Waals surface area contributed by atoms with Crippen LogP contribution in [-0.4, -0.2) is 23.6 Å². The molecule has 4 nitrogen and oxygen atoms in total. The van der Waals surface area contributed by atoms with Gasteiger partial charge in [0.15, 0.2) is 0 Å². The Morgan fingerprint density at radius 1 is 1.04 bits per heavy atom. The first-order valence-electron chi connectivity index (χ1n) is 8.09. The van der Waals surface area contributed by atoms with Gasteiger partial charge in [0.1, 0.15) is 18.2 Å². The molecule has 1 atom stereocenters. The average molecular weight is 319 g/mol. The molecule has 0 aliphatic carbocycles. The SMILES string of the molecule is CNCCC(Oc1cccc(-c2ccncn2)c1)c1ccccc1. The number of nitrogens with one attached hydrogen (secondary N) is 1. The predicted octanol–water partition coefficient (Wildman–Crippen LogP) is 3.87. The second kappa shape index (κ2) is 8.22. The summed E-state index contributed by atoms with van der Waals surface area (Å²) < 4.78 is 6.28. The molecular formula is C20H21N3O. The van der Waals surface area contributed by atoms with Crippen LogP contribution in [0.5, 0.6) is 5.75 Å². The molecule has 0 saturated heterocycles. The van der Waals surface area contributed by atoms with Crippen molar-refractivity contribution in [2.24, 2.45) is 0 Å². The summed E-state index contributed by atoms with van der Waals surface area (Å²) in [7, 11) is 1.96. The van der Waals surface area contributed by atoms with Crippen molar-refractivity contribution >= 4 is 0 Å². The maximum absolute atomic E-state index is 6.28. The zero-order valence-corrected chi connectivity index (χ0v) is 13.7. The molecule has 0 amide bonds. The summed E-state index contributed by atoms with van der Waals surface area (Å²) in [4.78, 5) is 8.27. The number of hydrogen-bond donors (Lipinski definition) is 1. The molecule has 1 heterocycles. The third kappa shape index (κ3) is 4.18. The lowest BCUT2D eigenvalue weighted by atomic mass is 10.1. The summed E-state index contributed by atoms with van der Waals surface area (Å²) >= 11 is 0. The summed E-state index contributed by atoms with van der Waals surface area (Å²) in [6, 6.07) is 20.3. The molecule has 2 aromatic carbocycles. The topological polar surface area (TPSA) is 47.0 Å². The van der Waals surface area contributed by atoms with Crippen LogP contribution in [0.2, 0.25) is 0 Å². The summed E-state index contributed by atoms with van der Waals surface area (Å²) in [6.45, 7) is 0.894. The van der Waals surface area contributed by atoms with Crippen LogP contribution in [-0.2, 0) is 0 Å². The lowest BCUT2D eigenvalue weighted by Crippen LogP contribution is -2.16. The molecule has 0 radical (unpaired) electrons.